The summed E-state index contributed by atoms with van der Waals surface area (Å²) >= 11 is 3.43. The molecule has 0 unspecified atom stereocenters. The molecule has 1 heterocycles. The summed E-state index contributed by atoms with van der Waals surface area (Å²) in [4.78, 5) is 17.3. The number of carbonyl (C=O) groups excluding carboxylic acids is 1. The number of hydrogen-bond acceptors (Lipinski definition) is 4. The van der Waals surface area contributed by atoms with E-state index in [-0.39, 0.29) is 24.4 Å². The number of carbonyl (C=O) groups is 1. The molecular formula is C27H25BrNO4P. The van der Waals surface area contributed by atoms with Gasteiger partial charge >= 0.3 is 7.60 Å². The largest absolute Gasteiger partial charge is 0.378 e. The molecule has 0 fully saturated rings. The van der Waals surface area contributed by atoms with Crippen molar-refractivity contribution in [1.82, 2.24) is 4.98 Å². The highest BCUT2D eigenvalue weighted by Gasteiger charge is 2.37. The Morgan fingerprint density at radius 2 is 1.35 bits per heavy atom. The van der Waals surface area contributed by atoms with Crippen molar-refractivity contribution in [2.24, 2.45) is 0 Å². The van der Waals surface area contributed by atoms with Gasteiger partial charge in [-0.1, -0.05) is 76.6 Å². The summed E-state index contributed by atoms with van der Waals surface area (Å²) < 4.78 is 26.3. The topological polar surface area (TPSA) is 68.4 Å². The number of aromatic amines is 1. The Balaban J connectivity index is 2.08. The van der Waals surface area contributed by atoms with Crippen LogP contribution in [0.3, 0.4) is 0 Å². The maximum absolute atomic E-state index is 14.0. The van der Waals surface area contributed by atoms with Crippen LogP contribution in [-0.4, -0.2) is 24.0 Å². The van der Waals surface area contributed by atoms with Crippen molar-refractivity contribution in [2.45, 2.75) is 13.8 Å². The fourth-order valence-corrected chi connectivity index (χ4v) is 5.92. The smallest absolute Gasteiger partial charge is 0.347 e. The lowest BCUT2D eigenvalue weighted by molar-refractivity contribution is 0.104. The summed E-state index contributed by atoms with van der Waals surface area (Å²) in [5.41, 5.74) is 3.86. The fourth-order valence-electron chi connectivity index (χ4n) is 3.88. The van der Waals surface area contributed by atoms with Crippen LogP contribution in [0.4, 0.5) is 0 Å². The molecule has 174 valence electrons. The molecule has 0 saturated carbocycles. The highest BCUT2D eigenvalue weighted by molar-refractivity contribution is 9.10. The molecule has 0 bridgehead atoms. The second-order valence-corrected chi connectivity index (χ2v) is 10.4. The van der Waals surface area contributed by atoms with Gasteiger partial charge in [0.15, 0.2) is 5.78 Å². The first-order valence-corrected chi connectivity index (χ1v) is 13.4. The van der Waals surface area contributed by atoms with Crippen molar-refractivity contribution >= 4 is 34.7 Å². The summed E-state index contributed by atoms with van der Waals surface area (Å²) in [5.74, 6) is -0.188. The molecule has 1 N–H and O–H groups in total. The molecule has 5 nitrogen and oxygen atoms in total. The zero-order chi connectivity index (χ0) is 24.1. The first-order chi connectivity index (χ1) is 16.5. The van der Waals surface area contributed by atoms with Gasteiger partial charge in [-0.3, -0.25) is 9.36 Å². The highest BCUT2D eigenvalue weighted by atomic mass is 79.9. The van der Waals surface area contributed by atoms with Gasteiger partial charge in [0.25, 0.3) is 0 Å². The van der Waals surface area contributed by atoms with E-state index in [0.717, 1.165) is 15.6 Å². The minimum absolute atomic E-state index is 0.188. The Morgan fingerprint density at radius 3 is 1.88 bits per heavy atom. The predicted octanol–water partition coefficient (Wildman–Crippen LogP) is 7.23. The second kappa shape index (κ2) is 10.7. The summed E-state index contributed by atoms with van der Waals surface area (Å²) in [5, 5.41) is 0. The van der Waals surface area contributed by atoms with Crippen molar-refractivity contribution in [3.05, 3.63) is 101 Å². The zero-order valence-electron chi connectivity index (χ0n) is 19.0. The van der Waals surface area contributed by atoms with Crippen molar-refractivity contribution in [1.29, 1.82) is 0 Å². The first-order valence-electron chi connectivity index (χ1n) is 11.0. The zero-order valence-corrected chi connectivity index (χ0v) is 21.4. The third-order valence-corrected chi connectivity index (χ3v) is 7.92. The molecule has 0 saturated heterocycles. The van der Waals surface area contributed by atoms with Gasteiger partial charge in [-0.05, 0) is 49.2 Å². The van der Waals surface area contributed by atoms with Gasteiger partial charge in [0.1, 0.15) is 5.44 Å². The molecule has 34 heavy (non-hydrogen) atoms. The Morgan fingerprint density at radius 1 is 0.824 bits per heavy atom. The highest BCUT2D eigenvalue weighted by Crippen LogP contribution is 2.51. The number of hydrogen-bond donors (Lipinski definition) is 1. The standard InChI is InChI=1S/C27H25BrNO4P/c1-3-32-34(31,33-4-2)27-23(19-11-7-5-8-12-19)24(25(29-27)20-13-9-6-10-14-20)26(30)21-15-17-22(28)18-16-21/h5-18,29H,3-4H2,1-2H3. The van der Waals surface area contributed by atoms with E-state index in [1.54, 1.807) is 26.0 Å². The average molecular weight is 538 g/mol. The van der Waals surface area contributed by atoms with Crippen LogP contribution >= 0.6 is 23.5 Å². The number of benzene rings is 3. The number of nitrogens with one attached hydrogen (secondary N) is 1. The quantitative estimate of drug-likeness (QED) is 0.180. The van der Waals surface area contributed by atoms with Crippen LogP contribution in [0, 0.1) is 0 Å². The van der Waals surface area contributed by atoms with E-state index in [1.165, 1.54) is 0 Å². The molecule has 0 aliphatic carbocycles. The summed E-state index contributed by atoms with van der Waals surface area (Å²) in [6.07, 6.45) is 0. The number of aromatic nitrogens is 1. The maximum atomic E-state index is 14.0. The molecule has 0 amide bonds. The van der Waals surface area contributed by atoms with E-state index in [9.17, 15) is 9.36 Å². The minimum Gasteiger partial charge on any atom is -0.347 e. The van der Waals surface area contributed by atoms with Crippen LogP contribution in [0.15, 0.2) is 89.4 Å². The van der Waals surface area contributed by atoms with Crippen LogP contribution in [0.5, 0.6) is 0 Å². The van der Waals surface area contributed by atoms with Gasteiger partial charge in [0, 0.05) is 15.6 Å². The van der Waals surface area contributed by atoms with Crippen LogP contribution in [0.1, 0.15) is 29.8 Å². The molecule has 3 aromatic carbocycles. The van der Waals surface area contributed by atoms with E-state index in [2.05, 4.69) is 20.9 Å². The Bertz CT molecular complexity index is 1310. The molecule has 4 rings (SSSR count). The van der Waals surface area contributed by atoms with Crippen LogP contribution in [0.2, 0.25) is 0 Å². The lowest BCUT2D eigenvalue weighted by Gasteiger charge is -2.18. The van der Waals surface area contributed by atoms with Crippen LogP contribution in [-0.2, 0) is 13.6 Å². The van der Waals surface area contributed by atoms with Gasteiger partial charge in [0.05, 0.1) is 24.5 Å². The molecule has 0 radical (unpaired) electrons. The van der Waals surface area contributed by atoms with Gasteiger partial charge < -0.3 is 14.0 Å². The number of H-pyrrole nitrogens is 1. The minimum atomic E-state index is -3.76. The second-order valence-electron chi connectivity index (χ2n) is 7.50. The predicted molar refractivity (Wildman–Crippen MR) is 140 cm³/mol. The summed E-state index contributed by atoms with van der Waals surface area (Å²) in [6, 6.07) is 26.2. The normalized spacial score (nSPS) is 11.5. The SMILES string of the molecule is CCOP(=O)(OCC)c1[nH]c(-c2ccccc2)c(C(=O)c2ccc(Br)cc2)c1-c1ccccc1. The molecule has 4 aromatic rings. The van der Waals surface area contributed by atoms with E-state index >= 15 is 0 Å². The molecule has 0 spiro atoms. The molecule has 1 aromatic heterocycles. The maximum Gasteiger partial charge on any atom is 0.378 e. The van der Waals surface area contributed by atoms with Crippen molar-refractivity contribution < 1.29 is 18.4 Å². The van der Waals surface area contributed by atoms with Crippen molar-refractivity contribution in [3.8, 4) is 22.4 Å². The fraction of sp³-hybridized carbons (Fsp3) is 0.148. The monoisotopic (exact) mass is 537 g/mol. The van der Waals surface area contributed by atoms with E-state index in [4.69, 9.17) is 9.05 Å². The van der Waals surface area contributed by atoms with E-state index in [1.807, 2.05) is 72.8 Å². The average Bonchev–Trinajstić information content (AvgIpc) is 3.27. The van der Waals surface area contributed by atoms with Crippen LogP contribution in [0.25, 0.3) is 22.4 Å². The van der Waals surface area contributed by atoms with Crippen molar-refractivity contribution in [2.75, 3.05) is 13.2 Å². The molecular weight excluding hydrogens is 513 g/mol. The van der Waals surface area contributed by atoms with Gasteiger partial charge in [-0.15, -0.1) is 0 Å². The molecule has 0 aliphatic heterocycles. The van der Waals surface area contributed by atoms with Gasteiger partial charge in [0.2, 0.25) is 0 Å². The Kier molecular flexibility index (Phi) is 7.64. The number of rotatable bonds is 9. The van der Waals surface area contributed by atoms with Crippen molar-refractivity contribution in [3.63, 3.8) is 0 Å². The summed E-state index contributed by atoms with van der Waals surface area (Å²) in [7, 11) is -3.76. The lowest BCUT2D eigenvalue weighted by atomic mass is 9.93. The van der Waals surface area contributed by atoms with Crippen LogP contribution < -0.4 is 5.44 Å². The Labute approximate surface area is 207 Å². The van der Waals surface area contributed by atoms with Gasteiger partial charge in [-0.2, -0.15) is 0 Å². The Hall–Kier alpha value is -2.76. The number of halogens is 1. The summed E-state index contributed by atoms with van der Waals surface area (Å²) in [6.45, 7) is 3.92. The molecule has 7 heteroatoms. The molecule has 0 atom stereocenters. The number of ketones is 1. The van der Waals surface area contributed by atoms with E-state index in [0.29, 0.717) is 22.4 Å². The lowest BCUT2D eigenvalue weighted by Crippen LogP contribution is -2.15. The van der Waals surface area contributed by atoms with E-state index < -0.39 is 7.60 Å². The molecule has 0 aliphatic rings. The van der Waals surface area contributed by atoms with Gasteiger partial charge in [-0.25, -0.2) is 0 Å². The third-order valence-electron chi connectivity index (χ3n) is 5.31. The first kappa shape index (κ1) is 24.4. The third kappa shape index (κ3) is 4.86.